The van der Waals surface area contributed by atoms with Crippen molar-refractivity contribution in [3.63, 3.8) is 0 Å². The highest BCUT2D eigenvalue weighted by molar-refractivity contribution is 7.99. The first-order valence-corrected chi connectivity index (χ1v) is 6.16. The maximum atomic E-state index is 11.5. The number of rotatable bonds is 3. The van der Waals surface area contributed by atoms with Gasteiger partial charge in [0.25, 0.3) is 0 Å². The van der Waals surface area contributed by atoms with E-state index in [1.54, 1.807) is 6.92 Å². The summed E-state index contributed by atoms with van der Waals surface area (Å²) in [6.45, 7) is 1.67. The first kappa shape index (κ1) is 11.9. The highest BCUT2D eigenvalue weighted by atomic mass is 32.2. The molecule has 1 aliphatic rings. The van der Waals surface area contributed by atoms with Gasteiger partial charge in [0.1, 0.15) is 0 Å². The Bertz CT molecular complexity index is 188. The van der Waals surface area contributed by atoms with E-state index in [2.05, 4.69) is 0 Å². The van der Waals surface area contributed by atoms with Crippen LogP contribution in [0.2, 0.25) is 0 Å². The van der Waals surface area contributed by atoms with Crippen LogP contribution in [0, 0.1) is 11.8 Å². The van der Waals surface area contributed by atoms with Gasteiger partial charge in [-0.25, -0.2) is 0 Å². The zero-order chi connectivity index (χ0) is 10.6. The van der Waals surface area contributed by atoms with Crippen molar-refractivity contribution in [2.75, 3.05) is 18.6 Å². The molecule has 0 aromatic rings. The number of ether oxygens (including phenoxy) is 1. The summed E-state index contributed by atoms with van der Waals surface area (Å²) in [6, 6.07) is 0. The summed E-state index contributed by atoms with van der Waals surface area (Å²) in [5.41, 5.74) is 0. The summed E-state index contributed by atoms with van der Waals surface area (Å²) in [5.74, 6) is 1.87. The van der Waals surface area contributed by atoms with Gasteiger partial charge in [-0.2, -0.15) is 11.8 Å². The van der Waals surface area contributed by atoms with E-state index in [4.69, 9.17) is 4.74 Å². The first-order valence-electron chi connectivity index (χ1n) is 5.00. The fourth-order valence-corrected chi connectivity index (χ4v) is 3.14. The molecule has 0 aliphatic carbocycles. The van der Waals surface area contributed by atoms with E-state index < -0.39 is 6.10 Å². The quantitative estimate of drug-likeness (QED) is 0.725. The van der Waals surface area contributed by atoms with E-state index in [1.807, 2.05) is 11.8 Å². The summed E-state index contributed by atoms with van der Waals surface area (Å²) < 4.78 is 4.72. The van der Waals surface area contributed by atoms with E-state index in [0.717, 1.165) is 24.3 Å². The molecule has 1 heterocycles. The standard InChI is InChI=1S/C10H18O3S/c1-7(11)9(10(12)13-2)8-3-5-14-6-4-8/h7-9,11H,3-6H2,1-2H3. The minimum atomic E-state index is -0.601. The Hall–Kier alpha value is -0.220. The predicted octanol–water partition coefficient (Wildman–Crippen LogP) is 1.30. The largest absolute Gasteiger partial charge is 0.469 e. The number of hydrogen-bond donors (Lipinski definition) is 1. The maximum Gasteiger partial charge on any atom is 0.311 e. The third kappa shape index (κ3) is 2.89. The Kier molecular flexibility index (Phi) is 4.75. The summed E-state index contributed by atoms with van der Waals surface area (Å²) in [6.07, 6.45) is 1.42. The maximum absolute atomic E-state index is 11.5. The molecule has 14 heavy (non-hydrogen) atoms. The second kappa shape index (κ2) is 5.61. The van der Waals surface area contributed by atoms with Crippen molar-refractivity contribution in [2.45, 2.75) is 25.9 Å². The molecule has 1 saturated heterocycles. The normalized spacial score (nSPS) is 22.8. The fraction of sp³-hybridized carbons (Fsp3) is 0.900. The number of methoxy groups -OCH3 is 1. The molecule has 3 nitrogen and oxygen atoms in total. The number of carbonyl (C=O) groups is 1. The van der Waals surface area contributed by atoms with Crippen molar-refractivity contribution in [1.82, 2.24) is 0 Å². The van der Waals surface area contributed by atoms with E-state index in [9.17, 15) is 9.90 Å². The Balaban J connectivity index is 2.60. The Morgan fingerprint density at radius 2 is 2.07 bits per heavy atom. The van der Waals surface area contributed by atoms with E-state index in [-0.39, 0.29) is 11.9 Å². The molecule has 4 heteroatoms. The molecule has 1 N–H and O–H groups in total. The van der Waals surface area contributed by atoms with Crippen molar-refractivity contribution in [3.8, 4) is 0 Å². The predicted molar refractivity (Wildman–Crippen MR) is 57.2 cm³/mol. The number of aliphatic hydroxyl groups excluding tert-OH is 1. The molecule has 1 fully saturated rings. The van der Waals surface area contributed by atoms with Gasteiger partial charge in [-0.3, -0.25) is 4.79 Å². The number of aliphatic hydroxyl groups is 1. The van der Waals surface area contributed by atoms with Gasteiger partial charge in [0.15, 0.2) is 0 Å². The van der Waals surface area contributed by atoms with E-state index in [1.165, 1.54) is 7.11 Å². The lowest BCUT2D eigenvalue weighted by atomic mass is 9.84. The van der Waals surface area contributed by atoms with Crippen molar-refractivity contribution in [2.24, 2.45) is 11.8 Å². The molecule has 0 spiro atoms. The highest BCUT2D eigenvalue weighted by Crippen LogP contribution is 2.31. The Morgan fingerprint density at radius 1 is 1.50 bits per heavy atom. The van der Waals surface area contributed by atoms with Crippen LogP contribution in [-0.4, -0.2) is 35.8 Å². The van der Waals surface area contributed by atoms with Crippen molar-refractivity contribution >= 4 is 17.7 Å². The molecule has 82 valence electrons. The van der Waals surface area contributed by atoms with Crippen LogP contribution in [0.4, 0.5) is 0 Å². The van der Waals surface area contributed by atoms with Gasteiger partial charge in [-0.05, 0) is 37.2 Å². The molecule has 0 aromatic heterocycles. The molecular formula is C10H18O3S. The van der Waals surface area contributed by atoms with Gasteiger partial charge in [-0.1, -0.05) is 0 Å². The lowest BCUT2D eigenvalue weighted by Gasteiger charge is -2.29. The minimum absolute atomic E-state index is 0.267. The molecule has 1 rings (SSSR count). The monoisotopic (exact) mass is 218 g/mol. The average Bonchev–Trinajstić information content (AvgIpc) is 2.19. The van der Waals surface area contributed by atoms with Gasteiger partial charge in [0, 0.05) is 0 Å². The van der Waals surface area contributed by atoms with Crippen LogP contribution in [0.3, 0.4) is 0 Å². The molecule has 1 aliphatic heterocycles. The second-order valence-corrected chi connectivity index (χ2v) is 4.96. The zero-order valence-corrected chi connectivity index (χ0v) is 9.55. The molecule has 0 radical (unpaired) electrons. The molecule has 0 bridgehead atoms. The van der Waals surface area contributed by atoms with Crippen LogP contribution >= 0.6 is 11.8 Å². The van der Waals surface area contributed by atoms with Crippen molar-refractivity contribution in [3.05, 3.63) is 0 Å². The van der Waals surface area contributed by atoms with E-state index in [0.29, 0.717) is 5.92 Å². The third-order valence-corrected chi connectivity index (χ3v) is 3.82. The Morgan fingerprint density at radius 3 is 2.50 bits per heavy atom. The lowest BCUT2D eigenvalue weighted by Crippen LogP contribution is -2.35. The van der Waals surface area contributed by atoms with Crippen LogP contribution in [-0.2, 0) is 9.53 Å². The number of carbonyl (C=O) groups excluding carboxylic acids is 1. The molecule has 2 unspecified atom stereocenters. The van der Waals surface area contributed by atoms with E-state index >= 15 is 0 Å². The molecule has 0 amide bonds. The number of thioether (sulfide) groups is 1. The fourth-order valence-electron chi connectivity index (χ4n) is 1.99. The SMILES string of the molecule is COC(=O)C(C(C)O)C1CCSCC1. The van der Waals surface area contributed by atoms with Crippen LogP contribution in [0.25, 0.3) is 0 Å². The van der Waals surface area contributed by atoms with Gasteiger partial charge in [-0.15, -0.1) is 0 Å². The van der Waals surface area contributed by atoms with Crippen LogP contribution in [0.5, 0.6) is 0 Å². The topological polar surface area (TPSA) is 46.5 Å². The lowest BCUT2D eigenvalue weighted by molar-refractivity contribution is -0.152. The van der Waals surface area contributed by atoms with Gasteiger partial charge < -0.3 is 9.84 Å². The van der Waals surface area contributed by atoms with Gasteiger partial charge in [0.2, 0.25) is 0 Å². The summed E-state index contributed by atoms with van der Waals surface area (Å²) >= 11 is 1.91. The highest BCUT2D eigenvalue weighted by Gasteiger charge is 2.33. The molecular weight excluding hydrogens is 200 g/mol. The summed E-state index contributed by atoms with van der Waals surface area (Å²) in [5, 5.41) is 9.56. The van der Waals surface area contributed by atoms with Crippen LogP contribution in [0.15, 0.2) is 0 Å². The molecule has 0 saturated carbocycles. The van der Waals surface area contributed by atoms with Crippen molar-refractivity contribution < 1.29 is 14.6 Å². The average molecular weight is 218 g/mol. The zero-order valence-electron chi connectivity index (χ0n) is 8.73. The van der Waals surface area contributed by atoms with Gasteiger partial charge in [0.05, 0.1) is 19.1 Å². The Labute approximate surface area is 89.2 Å². The van der Waals surface area contributed by atoms with Crippen LogP contribution in [0.1, 0.15) is 19.8 Å². The molecule has 0 aromatic carbocycles. The van der Waals surface area contributed by atoms with Gasteiger partial charge >= 0.3 is 5.97 Å². The number of esters is 1. The smallest absolute Gasteiger partial charge is 0.311 e. The summed E-state index contributed by atoms with van der Waals surface area (Å²) in [4.78, 5) is 11.5. The first-order chi connectivity index (χ1) is 6.66. The minimum Gasteiger partial charge on any atom is -0.469 e. The second-order valence-electron chi connectivity index (χ2n) is 3.74. The molecule has 2 atom stereocenters. The number of hydrogen-bond acceptors (Lipinski definition) is 4. The third-order valence-electron chi connectivity index (χ3n) is 2.77. The summed E-state index contributed by atoms with van der Waals surface area (Å²) in [7, 11) is 1.38. The van der Waals surface area contributed by atoms with Crippen LogP contribution < -0.4 is 0 Å². The van der Waals surface area contributed by atoms with Crippen molar-refractivity contribution in [1.29, 1.82) is 0 Å².